The molecular weight excluding hydrogens is 268 g/mol. The zero-order valence-corrected chi connectivity index (χ0v) is 11.3. The number of aromatic hydroxyl groups is 1. The lowest BCUT2D eigenvalue weighted by Gasteiger charge is -2.02. The van der Waals surface area contributed by atoms with Crippen LogP contribution in [-0.2, 0) is 6.42 Å². The molecule has 3 rings (SSSR count). The lowest BCUT2D eigenvalue weighted by atomic mass is 10.2. The largest absolute Gasteiger partial charge is 0.508 e. The molecule has 106 valence electrons. The summed E-state index contributed by atoms with van der Waals surface area (Å²) in [5.41, 5.74) is 0.774. The Hall–Kier alpha value is -2.82. The Bertz CT molecular complexity index is 693. The van der Waals surface area contributed by atoms with Gasteiger partial charge in [-0.15, -0.1) is 0 Å². The minimum absolute atomic E-state index is 0.203. The predicted octanol–water partition coefficient (Wildman–Crippen LogP) is 3.06. The van der Waals surface area contributed by atoms with Gasteiger partial charge in [-0.25, -0.2) is 0 Å². The molecule has 3 aromatic rings. The van der Waals surface area contributed by atoms with Crippen molar-refractivity contribution in [3.05, 3.63) is 60.4 Å². The summed E-state index contributed by atoms with van der Waals surface area (Å²) in [4.78, 5) is 4.30. The minimum atomic E-state index is 0.203. The fraction of sp³-hybridized carbons (Fsp3) is 0.125. The fourth-order valence-corrected chi connectivity index (χ4v) is 1.85. The first-order valence-corrected chi connectivity index (χ1v) is 6.61. The number of nitrogens with zero attached hydrogens (tertiary/aromatic N) is 2. The molecule has 0 saturated carbocycles. The summed E-state index contributed by atoms with van der Waals surface area (Å²) in [5.74, 6) is 2.05. The first kappa shape index (κ1) is 13.2. The van der Waals surface area contributed by atoms with Gasteiger partial charge in [-0.3, -0.25) is 0 Å². The van der Waals surface area contributed by atoms with E-state index < -0.39 is 0 Å². The van der Waals surface area contributed by atoms with Crippen LogP contribution in [-0.4, -0.2) is 21.9 Å². The molecule has 0 radical (unpaired) electrons. The smallest absolute Gasteiger partial charge is 0.257 e. The van der Waals surface area contributed by atoms with Gasteiger partial charge in [0.15, 0.2) is 5.82 Å². The van der Waals surface area contributed by atoms with Crippen LogP contribution in [0.3, 0.4) is 0 Å². The topological polar surface area (TPSA) is 68.4 Å². The SMILES string of the molecule is Oc1ccc(-c2nc(CCOc3ccccc3)no2)cc1. The Morgan fingerprint density at radius 2 is 1.76 bits per heavy atom. The average Bonchev–Trinajstić information content (AvgIpc) is 2.98. The summed E-state index contributed by atoms with van der Waals surface area (Å²) in [6.45, 7) is 0.485. The lowest BCUT2D eigenvalue weighted by Crippen LogP contribution is -2.02. The number of phenolic OH excluding ortho intramolecular Hbond substituents is 1. The van der Waals surface area contributed by atoms with E-state index in [0.717, 1.165) is 11.3 Å². The van der Waals surface area contributed by atoms with E-state index in [2.05, 4.69) is 10.1 Å². The molecule has 0 spiro atoms. The zero-order valence-electron chi connectivity index (χ0n) is 11.3. The van der Waals surface area contributed by atoms with Crippen molar-refractivity contribution in [3.63, 3.8) is 0 Å². The van der Waals surface area contributed by atoms with E-state index in [0.29, 0.717) is 24.7 Å². The summed E-state index contributed by atoms with van der Waals surface area (Å²) in [5, 5.41) is 13.2. The Kier molecular flexibility index (Phi) is 3.82. The maximum Gasteiger partial charge on any atom is 0.257 e. The van der Waals surface area contributed by atoms with Crippen LogP contribution in [0, 0.1) is 0 Å². The van der Waals surface area contributed by atoms with Crippen molar-refractivity contribution in [2.45, 2.75) is 6.42 Å². The van der Waals surface area contributed by atoms with Gasteiger partial charge in [0.25, 0.3) is 5.89 Å². The van der Waals surface area contributed by atoms with Gasteiger partial charge in [0.2, 0.25) is 0 Å². The Morgan fingerprint density at radius 3 is 2.52 bits per heavy atom. The zero-order chi connectivity index (χ0) is 14.5. The molecule has 0 aliphatic carbocycles. The van der Waals surface area contributed by atoms with Crippen LogP contribution in [0.2, 0.25) is 0 Å². The molecule has 1 N–H and O–H groups in total. The third kappa shape index (κ3) is 3.39. The Labute approximate surface area is 121 Å². The van der Waals surface area contributed by atoms with Crippen molar-refractivity contribution in [1.29, 1.82) is 0 Å². The van der Waals surface area contributed by atoms with Gasteiger partial charge in [-0.1, -0.05) is 23.4 Å². The molecule has 1 heterocycles. The number of para-hydroxylation sites is 1. The maximum absolute atomic E-state index is 9.25. The molecule has 1 aromatic heterocycles. The molecule has 21 heavy (non-hydrogen) atoms. The first-order chi connectivity index (χ1) is 10.3. The van der Waals surface area contributed by atoms with Crippen molar-refractivity contribution < 1.29 is 14.4 Å². The highest BCUT2D eigenvalue weighted by Crippen LogP contribution is 2.20. The standard InChI is InChI=1S/C16H14N2O3/c19-13-8-6-12(7-9-13)16-17-15(18-21-16)10-11-20-14-4-2-1-3-5-14/h1-9,19H,10-11H2. The van der Waals surface area contributed by atoms with Crippen LogP contribution in [0.4, 0.5) is 0 Å². The van der Waals surface area contributed by atoms with Gasteiger partial charge >= 0.3 is 0 Å². The van der Waals surface area contributed by atoms with Crippen LogP contribution >= 0.6 is 0 Å². The molecule has 5 nitrogen and oxygen atoms in total. The molecular formula is C16H14N2O3. The van der Waals surface area contributed by atoms with Gasteiger partial charge < -0.3 is 14.4 Å². The molecule has 0 aliphatic heterocycles. The summed E-state index contributed by atoms with van der Waals surface area (Å²) >= 11 is 0. The van der Waals surface area contributed by atoms with Crippen LogP contribution in [0.25, 0.3) is 11.5 Å². The predicted molar refractivity (Wildman–Crippen MR) is 77.0 cm³/mol. The summed E-state index contributed by atoms with van der Waals surface area (Å²) in [6, 6.07) is 16.2. The third-order valence-corrected chi connectivity index (χ3v) is 2.92. The molecule has 0 aliphatic rings. The molecule has 0 unspecified atom stereocenters. The third-order valence-electron chi connectivity index (χ3n) is 2.92. The normalized spacial score (nSPS) is 10.5. The maximum atomic E-state index is 9.25. The van der Waals surface area contributed by atoms with E-state index in [1.54, 1.807) is 24.3 Å². The van der Waals surface area contributed by atoms with Crippen LogP contribution in [0.5, 0.6) is 11.5 Å². The number of aromatic nitrogens is 2. The second-order valence-electron chi connectivity index (χ2n) is 4.47. The highest BCUT2D eigenvalue weighted by atomic mass is 16.5. The number of rotatable bonds is 5. The highest BCUT2D eigenvalue weighted by Gasteiger charge is 2.08. The summed E-state index contributed by atoms with van der Waals surface area (Å²) in [7, 11) is 0. The van der Waals surface area contributed by atoms with Gasteiger partial charge in [0.05, 0.1) is 6.61 Å². The fourth-order valence-electron chi connectivity index (χ4n) is 1.85. The van der Waals surface area contributed by atoms with E-state index in [-0.39, 0.29) is 5.75 Å². The van der Waals surface area contributed by atoms with Crippen LogP contribution in [0.15, 0.2) is 59.1 Å². The quantitative estimate of drug-likeness (QED) is 0.779. The Balaban J connectivity index is 1.59. The number of ether oxygens (including phenoxy) is 1. The molecule has 0 atom stereocenters. The van der Waals surface area contributed by atoms with Crippen molar-refractivity contribution >= 4 is 0 Å². The van der Waals surface area contributed by atoms with Crippen LogP contribution in [0.1, 0.15) is 5.82 Å². The summed E-state index contributed by atoms with van der Waals surface area (Å²) < 4.78 is 10.8. The molecule has 0 saturated heterocycles. The number of hydrogen-bond acceptors (Lipinski definition) is 5. The highest BCUT2D eigenvalue weighted by molar-refractivity contribution is 5.53. The number of phenols is 1. The monoisotopic (exact) mass is 282 g/mol. The van der Waals surface area contributed by atoms with Crippen molar-refractivity contribution in [1.82, 2.24) is 10.1 Å². The van der Waals surface area contributed by atoms with E-state index in [1.807, 2.05) is 30.3 Å². The van der Waals surface area contributed by atoms with Gasteiger partial charge in [-0.05, 0) is 36.4 Å². The molecule has 0 bridgehead atoms. The average molecular weight is 282 g/mol. The van der Waals surface area contributed by atoms with Crippen molar-refractivity contribution in [2.75, 3.05) is 6.61 Å². The van der Waals surface area contributed by atoms with Gasteiger partial charge in [0.1, 0.15) is 11.5 Å². The molecule has 2 aromatic carbocycles. The number of benzene rings is 2. The van der Waals surface area contributed by atoms with Gasteiger partial charge in [-0.2, -0.15) is 4.98 Å². The molecule has 0 fully saturated rings. The van der Waals surface area contributed by atoms with E-state index in [1.165, 1.54) is 0 Å². The molecule has 5 heteroatoms. The first-order valence-electron chi connectivity index (χ1n) is 6.61. The van der Waals surface area contributed by atoms with Gasteiger partial charge in [0, 0.05) is 12.0 Å². The van der Waals surface area contributed by atoms with E-state index in [9.17, 15) is 5.11 Å². The van der Waals surface area contributed by atoms with E-state index >= 15 is 0 Å². The number of hydrogen-bond donors (Lipinski definition) is 1. The lowest BCUT2D eigenvalue weighted by molar-refractivity contribution is 0.315. The second-order valence-corrected chi connectivity index (χ2v) is 4.47. The van der Waals surface area contributed by atoms with Crippen molar-refractivity contribution in [2.24, 2.45) is 0 Å². The van der Waals surface area contributed by atoms with Crippen LogP contribution < -0.4 is 4.74 Å². The second kappa shape index (κ2) is 6.09. The van der Waals surface area contributed by atoms with E-state index in [4.69, 9.17) is 9.26 Å². The van der Waals surface area contributed by atoms with Crippen molar-refractivity contribution in [3.8, 4) is 23.0 Å². The molecule has 0 amide bonds. The Morgan fingerprint density at radius 1 is 1.00 bits per heavy atom. The minimum Gasteiger partial charge on any atom is -0.508 e. The summed E-state index contributed by atoms with van der Waals surface area (Å²) in [6.07, 6.45) is 0.566.